The van der Waals surface area contributed by atoms with E-state index in [9.17, 15) is 0 Å². The minimum Gasteiger partial charge on any atom is -0.489 e. The molecule has 0 radical (unpaired) electrons. The molecule has 0 amide bonds. The van der Waals surface area contributed by atoms with Crippen molar-refractivity contribution in [2.45, 2.75) is 64.5 Å². The molecule has 20 heavy (non-hydrogen) atoms. The Kier molecular flexibility index (Phi) is 5.74. The van der Waals surface area contributed by atoms with E-state index in [0.717, 1.165) is 37.4 Å². The Labute approximate surface area is 127 Å². The fourth-order valence-corrected chi connectivity index (χ4v) is 2.99. The van der Waals surface area contributed by atoms with Crippen LogP contribution >= 0.6 is 11.6 Å². The zero-order valence-corrected chi connectivity index (χ0v) is 13.3. The molecule has 1 aliphatic rings. The van der Waals surface area contributed by atoms with E-state index in [1.54, 1.807) is 0 Å². The summed E-state index contributed by atoms with van der Waals surface area (Å²) in [4.78, 5) is 0. The zero-order chi connectivity index (χ0) is 14.5. The first-order valence-electron chi connectivity index (χ1n) is 7.79. The SMILES string of the molecule is CCC(N)Cc1ccc(OC2CCC(C)CC2)c(Cl)c1. The van der Waals surface area contributed by atoms with Crippen LogP contribution < -0.4 is 10.5 Å². The second-order valence-electron chi connectivity index (χ2n) is 6.14. The molecule has 1 aliphatic carbocycles. The molecule has 0 saturated heterocycles. The summed E-state index contributed by atoms with van der Waals surface area (Å²) in [7, 11) is 0. The van der Waals surface area contributed by atoms with E-state index in [1.165, 1.54) is 18.4 Å². The van der Waals surface area contributed by atoms with Crippen LogP contribution in [0.4, 0.5) is 0 Å². The third-order valence-corrected chi connectivity index (χ3v) is 4.57. The van der Waals surface area contributed by atoms with Crippen LogP contribution in [0.3, 0.4) is 0 Å². The van der Waals surface area contributed by atoms with Gasteiger partial charge < -0.3 is 10.5 Å². The Bertz CT molecular complexity index is 427. The average molecular weight is 296 g/mol. The van der Waals surface area contributed by atoms with E-state index in [2.05, 4.69) is 19.9 Å². The van der Waals surface area contributed by atoms with Crippen LogP contribution in [0.2, 0.25) is 5.02 Å². The maximum atomic E-state index is 6.34. The van der Waals surface area contributed by atoms with Crippen molar-refractivity contribution in [3.8, 4) is 5.75 Å². The van der Waals surface area contributed by atoms with Gasteiger partial charge in [0.15, 0.2) is 0 Å². The highest BCUT2D eigenvalue weighted by Crippen LogP contribution is 2.31. The molecule has 1 fully saturated rings. The van der Waals surface area contributed by atoms with Crippen LogP contribution in [0, 0.1) is 5.92 Å². The van der Waals surface area contributed by atoms with Crippen molar-refractivity contribution >= 4 is 11.6 Å². The van der Waals surface area contributed by atoms with Gasteiger partial charge in [-0.3, -0.25) is 0 Å². The predicted molar refractivity (Wildman–Crippen MR) is 85.5 cm³/mol. The summed E-state index contributed by atoms with van der Waals surface area (Å²) in [6.45, 7) is 4.42. The van der Waals surface area contributed by atoms with Crippen molar-refractivity contribution in [1.82, 2.24) is 0 Å². The van der Waals surface area contributed by atoms with E-state index < -0.39 is 0 Å². The van der Waals surface area contributed by atoms with E-state index in [4.69, 9.17) is 22.1 Å². The summed E-state index contributed by atoms with van der Waals surface area (Å²) >= 11 is 6.34. The van der Waals surface area contributed by atoms with Gasteiger partial charge >= 0.3 is 0 Å². The van der Waals surface area contributed by atoms with Gasteiger partial charge in [0, 0.05) is 6.04 Å². The van der Waals surface area contributed by atoms with Gasteiger partial charge in [0.1, 0.15) is 5.75 Å². The van der Waals surface area contributed by atoms with Gasteiger partial charge in [0.2, 0.25) is 0 Å². The van der Waals surface area contributed by atoms with Crippen molar-refractivity contribution < 1.29 is 4.74 Å². The molecule has 0 aliphatic heterocycles. The number of benzene rings is 1. The Hall–Kier alpha value is -0.730. The lowest BCUT2D eigenvalue weighted by atomic mass is 9.89. The first-order valence-corrected chi connectivity index (χ1v) is 8.17. The van der Waals surface area contributed by atoms with Crippen LogP contribution in [0.5, 0.6) is 5.75 Å². The van der Waals surface area contributed by atoms with E-state index in [0.29, 0.717) is 11.1 Å². The average Bonchev–Trinajstić information content (AvgIpc) is 2.44. The third kappa shape index (κ3) is 4.39. The van der Waals surface area contributed by atoms with Gasteiger partial charge in [-0.2, -0.15) is 0 Å². The minimum atomic E-state index is 0.206. The standard InChI is InChI=1S/C17H26ClNO/c1-3-14(19)10-13-6-9-17(16(18)11-13)20-15-7-4-12(2)5-8-15/h6,9,11-12,14-15H,3-5,7-8,10,19H2,1-2H3. The fourth-order valence-electron chi connectivity index (χ4n) is 2.74. The molecular weight excluding hydrogens is 270 g/mol. The molecule has 2 rings (SSSR count). The van der Waals surface area contributed by atoms with Crippen LogP contribution in [-0.2, 0) is 6.42 Å². The first kappa shape index (κ1) is 15.7. The summed E-state index contributed by atoms with van der Waals surface area (Å²) in [5.41, 5.74) is 7.17. The Morgan fingerprint density at radius 1 is 1.30 bits per heavy atom. The Balaban J connectivity index is 1.95. The maximum Gasteiger partial charge on any atom is 0.138 e. The predicted octanol–water partition coefficient (Wildman–Crippen LogP) is 4.58. The van der Waals surface area contributed by atoms with Gasteiger partial charge in [0.05, 0.1) is 11.1 Å². The molecule has 1 atom stereocenters. The molecule has 3 heteroatoms. The zero-order valence-electron chi connectivity index (χ0n) is 12.6. The summed E-state index contributed by atoms with van der Waals surface area (Å²) in [5.74, 6) is 1.66. The molecule has 1 aromatic rings. The van der Waals surface area contributed by atoms with Crippen molar-refractivity contribution in [3.63, 3.8) is 0 Å². The first-order chi connectivity index (χ1) is 9.58. The molecule has 0 spiro atoms. The number of rotatable bonds is 5. The lowest BCUT2D eigenvalue weighted by molar-refractivity contribution is 0.135. The van der Waals surface area contributed by atoms with E-state index >= 15 is 0 Å². The quantitative estimate of drug-likeness (QED) is 0.863. The summed E-state index contributed by atoms with van der Waals surface area (Å²) < 4.78 is 6.06. The number of halogens is 1. The smallest absolute Gasteiger partial charge is 0.138 e. The topological polar surface area (TPSA) is 35.2 Å². The minimum absolute atomic E-state index is 0.206. The largest absolute Gasteiger partial charge is 0.489 e. The lowest BCUT2D eigenvalue weighted by Gasteiger charge is -2.27. The van der Waals surface area contributed by atoms with Gasteiger partial charge in [-0.15, -0.1) is 0 Å². The van der Waals surface area contributed by atoms with Gasteiger partial charge in [-0.1, -0.05) is 31.5 Å². The van der Waals surface area contributed by atoms with E-state index in [-0.39, 0.29) is 6.04 Å². The number of hydrogen-bond donors (Lipinski definition) is 1. The van der Waals surface area contributed by atoms with Gasteiger partial charge in [0.25, 0.3) is 0 Å². The fraction of sp³-hybridized carbons (Fsp3) is 0.647. The molecular formula is C17H26ClNO. The Morgan fingerprint density at radius 3 is 2.60 bits per heavy atom. The molecule has 1 saturated carbocycles. The summed E-state index contributed by atoms with van der Waals surface area (Å²) in [6.07, 6.45) is 6.97. The van der Waals surface area contributed by atoms with Crippen LogP contribution in [0.1, 0.15) is 51.5 Å². The molecule has 1 unspecified atom stereocenters. The molecule has 1 aromatic carbocycles. The normalized spacial score (nSPS) is 24.4. The monoisotopic (exact) mass is 295 g/mol. The van der Waals surface area contributed by atoms with Crippen molar-refractivity contribution in [2.75, 3.05) is 0 Å². The molecule has 0 heterocycles. The summed E-state index contributed by atoms with van der Waals surface area (Å²) in [5, 5.41) is 0.712. The molecule has 2 nitrogen and oxygen atoms in total. The third-order valence-electron chi connectivity index (χ3n) is 4.28. The van der Waals surface area contributed by atoms with Crippen molar-refractivity contribution in [3.05, 3.63) is 28.8 Å². The Morgan fingerprint density at radius 2 is 2.00 bits per heavy atom. The molecule has 112 valence electrons. The van der Waals surface area contributed by atoms with E-state index in [1.807, 2.05) is 12.1 Å². The van der Waals surface area contributed by atoms with Crippen molar-refractivity contribution in [1.29, 1.82) is 0 Å². The van der Waals surface area contributed by atoms with Crippen molar-refractivity contribution in [2.24, 2.45) is 11.7 Å². The maximum absolute atomic E-state index is 6.34. The highest BCUT2D eigenvalue weighted by atomic mass is 35.5. The molecule has 2 N–H and O–H groups in total. The summed E-state index contributed by atoms with van der Waals surface area (Å²) in [6, 6.07) is 6.29. The van der Waals surface area contributed by atoms with Gasteiger partial charge in [-0.25, -0.2) is 0 Å². The van der Waals surface area contributed by atoms with Gasteiger partial charge in [-0.05, 0) is 62.1 Å². The van der Waals surface area contributed by atoms with Crippen LogP contribution in [0.25, 0.3) is 0 Å². The highest BCUT2D eigenvalue weighted by Gasteiger charge is 2.20. The number of hydrogen-bond acceptors (Lipinski definition) is 2. The molecule has 0 aromatic heterocycles. The molecule has 0 bridgehead atoms. The number of nitrogens with two attached hydrogens (primary N) is 1. The highest BCUT2D eigenvalue weighted by molar-refractivity contribution is 6.32. The second-order valence-corrected chi connectivity index (χ2v) is 6.54. The second kappa shape index (κ2) is 7.33. The lowest BCUT2D eigenvalue weighted by Crippen LogP contribution is -2.23. The number of ether oxygens (including phenoxy) is 1. The van der Waals surface area contributed by atoms with Crippen LogP contribution in [0.15, 0.2) is 18.2 Å². The van der Waals surface area contributed by atoms with Crippen LogP contribution in [-0.4, -0.2) is 12.1 Å².